The zero-order valence-electron chi connectivity index (χ0n) is 14.5. The molecule has 1 atom stereocenters. The van der Waals surface area contributed by atoms with Gasteiger partial charge in [-0.15, -0.1) is 0 Å². The van der Waals surface area contributed by atoms with Crippen molar-refractivity contribution in [2.75, 3.05) is 6.61 Å². The Bertz CT molecular complexity index is 510. The first-order chi connectivity index (χ1) is 10.9. The molecule has 2 aliphatic rings. The van der Waals surface area contributed by atoms with Gasteiger partial charge >= 0.3 is 7.12 Å². The predicted octanol–water partition coefficient (Wildman–Crippen LogP) is 2.42. The quantitative estimate of drug-likeness (QED) is 0.798. The van der Waals surface area contributed by atoms with Crippen LogP contribution in [0.15, 0.2) is 18.3 Å². The van der Waals surface area contributed by atoms with Gasteiger partial charge in [0.15, 0.2) is 6.29 Å². The van der Waals surface area contributed by atoms with Crippen molar-refractivity contribution in [2.45, 2.75) is 71.1 Å². The fourth-order valence-corrected chi connectivity index (χ4v) is 2.66. The molecule has 0 bridgehead atoms. The molecule has 0 aromatic carbocycles. The zero-order valence-corrected chi connectivity index (χ0v) is 14.5. The summed E-state index contributed by atoms with van der Waals surface area (Å²) in [7, 11) is -0.371. The second kappa shape index (κ2) is 6.51. The van der Waals surface area contributed by atoms with Gasteiger partial charge in [-0.25, -0.2) is 0 Å². The molecule has 3 heterocycles. The molecular weight excluding hydrogens is 293 g/mol. The van der Waals surface area contributed by atoms with E-state index in [4.69, 9.17) is 18.8 Å². The number of pyridine rings is 1. The van der Waals surface area contributed by atoms with Gasteiger partial charge in [-0.05, 0) is 53.0 Å². The fourth-order valence-electron chi connectivity index (χ4n) is 2.66. The van der Waals surface area contributed by atoms with Gasteiger partial charge in [0.05, 0.1) is 23.5 Å². The third-order valence-electron chi connectivity index (χ3n) is 4.93. The van der Waals surface area contributed by atoms with E-state index in [9.17, 15) is 0 Å². The Morgan fingerprint density at radius 3 is 2.48 bits per heavy atom. The first kappa shape index (κ1) is 16.9. The Kier molecular flexibility index (Phi) is 4.79. The van der Waals surface area contributed by atoms with Crippen molar-refractivity contribution in [2.24, 2.45) is 0 Å². The highest BCUT2D eigenvalue weighted by Crippen LogP contribution is 2.36. The van der Waals surface area contributed by atoms with Crippen LogP contribution in [0.2, 0.25) is 0 Å². The summed E-state index contributed by atoms with van der Waals surface area (Å²) >= 11 is 0. The molecule has 3 rings (SSSR count). The average Bonchev–Trinajstić information content (AvgIpc) is 2.75. The third-order valence-corrected chi connectivity index (χ3v) is 4.93. The van der Waals surface area contributed by atoms with Gasteiger partial charge in [0.25, 0.3) is 0 Å². The second-order valence-electron chi connectivity index (χ2n) is 7.28. The smallest absolute Gasteiger partial charge is 0.399 e. The maximum atomic E-state index is 6.03. The molecule has 1 unspecified atom stereocenters. The van der Waals surface area contributed by atoms with Crippen molar-refractivity contribution in [1.82, 2.24) is 4.98 Å². The maximum absolute atomic E-state index is 6.03. The van der Waals surface area contributed by atoms with Crippen LogP contribution in [0.4, 0.5) is 0 Å². The van der Waals surface area contributed by atoms with Crippen LogP contribution in [-0.4, -0.2) is 36.2 Å². The average molecular weight is 319 g/mol. The summed E-state index contributed by atoms with van der Waals surface area (Å²) in [4.78, 5) is 4.46. The Hall–Kier alpha value is -0.945. The van der Waals surface area contributed by atoms with Gasteiger partial charge in [-0.1, -0.05) is 6.07 Å². The molecule has 5 nitrogen and oxygen atoms in total. The number of rotatable bonds is 4. The molecule has 0 spiro atoms. The zero-order chi connectivity index (χ0) is 16.5. The standard InChI is InChI=1S/C17H26BNO4/c1-16(2)17(3,4)23-18(22-16)13-8-9-14(19-11-13)12-21-15-7-5-6-10-20-15/h8-9,11,15H,5-7,10,12H2,1-4H3. The van der Waals surface area contributed by atoms with E-state index in [0.717, 1.165) is 30.6 Å². The summed E-state index contributed by atoms with van der Waals surface area (Å²) in [5.41, 5.74) is 1.15. The van der Waals surface area contributed by atoms with E-state index < -0.39 is 0 Å². The lowest BCUT2D eigenvalue weighted by Gasteiger charge is -2.32. The summed E-state index contributed by atoms with van der Waals surface area (Å²) in [5, 5.41) is 0. The molecule has 0 amide bonds. The minimum Gasteiger partial charge on any atom is -0.399 e. The third kappa shape index (κ3) is 3.77. The van der Waals surface area contributed by atoms with Gasteiger partial charge in [-0.3, -0.25) is 4.98 Å². The Labute approximate surface area is 138 Å². The number of nitrogens with zero attached hydrogens (tertiary/aromatic N) is 1. The maximum Gasteiger partial charge on any atom is 0.496 e. The molecule has 2 saturated heterocycles. The Morgan fingerprint density at radius 1 is 1.17 bits per heavy atom. The molecule has 2 aliphatic heterocycles. The van der Waals surface area contributed by atoms with Crippen molar-refractivity contribution in [3.8, 4) is 0 Å². The van der Waals surface area contributed by atoms with E-state index in [1.165, 1.54) is 6.42 Å². The molecule has 0 N–H and O–H groups in total. The van der Waals surface area contributed by atoms with Gasteiger partial charge in [0, 0.05) is 18.3 Å². The summed E-state index contributed by atoms with van der Waals surface area (Å²) in [6.07, 6.45) is 4.97. The number of aromatic nitrogens is 1. The molecule has 0 radical (unpaired) electrons. The van der Waals surface area contributed by atoms with Crippen molar-refractivity contribution in [1.29, 1.82) is 0 Å². The monoisotopic (exact) mass is 319 g/mol. The molecule has 23 heavy (non-hydrogen) atoms. The fraction of sp³-hybridized carbons (Fsp3) is 0.706. The molecule has 2 fully saturated rings. The van der Waals surface area contributed by atoms with E-state index in [1.807, 2.05) is 46.0 Å². The number of hydrogen-bond acceptors (Lipinski definition) is 5. The summed E-state index contributed by atoms with van der Waals surface area (Å²) in [6.45, 7) is 9.45. The largest absolute Gasteiger partial charge is 0.496 e. The van der Waals surface area contributed by atoms with Gasteiger partial charge in [-0.2, -0.15) is 0 Å². The van der Waals surface area contributed by atoms with Crippen molar-refractivity contribution in [3.05, 3.63) is 24.0 Å². The SMILES string of the molecule is CC1(C)OB(c2ccc(COC3CCCCO3)nc2)OC1(C)C. The highest BCUT2D eigenvalue weighted by Gasteiger charge is 2.51. The molecular formula is C17H26BNO4. The van der Waals surface area contributed by atoms with Crippen LogP contribution in [0.1, 0.15) is 52.7 Å². The minimum atomic E-state index is -0.371. The van der Waals surface area contributed by atoms with Gasteiger partial charge < -0.3 is 18.8 Å². The van der Waals surface area contributed by atoms with Crippen LogP contribution in [0.25, 0.3) is 0 Å². The molecule has 1 aromatic heterocycles. The molecule has 126 valence electrons. The first-order valence-electron chi connectivity index (χ1n) is 8.41. The summed E-state index contributed by atoms with van der Waals surface area (Å²) < 4.78 is 23.4. The van der Waals surface area contributed by atoms with Crippen LogP contribution in [0.5, 0.6) is 0 Å². The van der Waals surface area contributed by atoms with Crippen LogP contribution in [0, 0.1) is 0 Å². The van der Waals surface area contributed by atoms with Crippen LogP contribution in [-0.2, 0) is 25.4 Å². The van der Waals surface area contributed by atoms with Crippen molar-refractivity contribution < 1.29 is 18.8 Å². The number of hydrogen-bond donors (Lipinski definition) is 0. The lowest BCUT2D eigenvalue weighted by atomic mass is 9.80. The molecule has 0 aliphatic carbocycles. The van der Waals surface area contributed by atoms with Crippen molar-refractivity contribution >= 4 is 12.6 Å². The lowest BCUT2D eigenvalue weighted by molar-refractivity contribution is -0.169. The van der Waals surface area contributed by atoms with Crippen LogP contribution >= 0.6 is 0 Å². The Morgan fingerprint density at radius 2 is 1.91 bits per heavy atom. The van der Waals surface area contributed by atoms with Crippen LogP contribution < -0.4 is 5.46 Å². The van der Waals surface area contributed by atoms with E-state index in [-0.39, 0.29) is 24.6 Å². The molecule has 6 heteroatoms. The lowest BCUT2D eigenvalue weighted by Crippen LogP contribution is -2.41. The summed E-state index contributed by atoms with van der Waals surface area (Å²) in [6, 6.07) is 3.96. The van der Waals surface area contributed by atoms with Gasteiger partial charge in [0.2, 0.25) is 0 Å². The first-order valence-corrected chi connectivity index (χ1v) is 8.41. The summed E-state index contributed by atoms with van der Waals surface area (Å²) in [5.74, 6) is 0. The predicted molar refractivity (Wildman–Crippen MR) is 88.3 cm³/mol. The van der Waals surface area contributed by atoms with E-state index in [1.54, 1.807) is 0 Å². The van der Waals surface area contributed by atoms with Gasteiger partial charge in [0.1, 0.15) is 0 Å². The molecule has 1 aromatic rings. The van der Waals surface area contributed by atoms with E-state index in [0.29, 0.717) is 6.61 Å². The normalized spacial score (nSPS) is 26.4. The molecule has 0 saturated carbocycles. The minimum absolute atomic E-state index is 0.0895. The highest BCUT2D eigenvalue weighted by molar-refractivity contribution is 6.62. The topological polar surface area (TPSA) is 49.8 Å². The highest BCUT2D eigenvalue weighted by atomic mass is 16.7. The van der Waals surface area contributed by atoms with E-state index in [2.05, 4.69) is 4.98 Å². The Balaban J connectivity index is 1.57. The second-order valence-corrected chi connectivity index (χ2v) is 7.28. The van der Waals surface area contributed by atoms with Crippen molar-refractivity contribution in [3.63, 3.8) is 0 Å². The number of ether oxygens (including phenoxy) is 2. The van der Waals surface area contributed by atoms with E-state index >= 15 is 0 Å². The van der Waals surface area contributed by atoms with Crippen LogP contribution in [0.3, 0.4) is 0 Å².